The largest absolute Gasteiger partial charge is 0.370 e. The maximum atomic E-state index is 12.4. The van der Waals surface area contributed by atoms with E-state index in [1.165, 1.54) is 0 Å². The Bertz CT molecular complexity index is 485. The Labute approximate surface area is 137 Å². The minimum atomic E-state index is -0.452. The number of amides is 1. The van der Waals surface area contributed by atoms with E-state index in [9.17, 15) is 19.2 Å². The van der Waals surface area contributed by atoms with Gasteiger partial charge >= 0.3 is 0 Å². The average Bonchev–Trinajstić information content (AvgIpc) is 2.53. The number of carbonyl (C=O) groups is 4. The van der Waals surface area contributed by atoms with Gasteiger partial charge in [-0.3, -0.25) is 19.2 Å². The molecule has 3 atom stereocenters. The summed E-state index contributed by atoms with van der Waals surface area (Å²) >= 11 is 0. The SMILES string of the molecule is NC(=O)CCC(=O)C1CCC2C(=O)CCCCC(=O)CCC2C1. The van der Waals surface area contributed by atoms with Gasteiger partial charge in [-0.05, 0) is 44.4 Å². The molecule has 128 valence electrons. The van der Waals surface area contributed by atoms with E-state index in [-0.39, 0.29) is 42.2 Å². The van der Waals surface area contributed by atoms with E-state index in [0.29, 0.717) is 31.5 Å². The van der Waals surface area contributed by atoms with Crippen LogP contribution in [-0.4, -0.2) is 23.3 Å². The summed E-state index contributed by atoms with van der Waals surface area (Å²) in [6.07, 6.45) is 6.44. The predicted octanol–water partition coefficient (Wildman–Crippen LogP) is 2.35. The van der Waals surface area contributed by atoms with Gasteiger partial charge in [0.1, 0.15) is 17.3 Å². The van der Waals surface area contributed by atoms with Crippen molar-refractivity contribution >= 4 is 23.3 Å². The minimum absolute atomic E-state index is 0.0149. The third-order valence-electron chi connectivity index (χ3n) is 5.39. The Hall–Kier alpha value is -1.52. The third kappa shape index (κ3) is 5.26. The van der Waals surface area contributed by atoms with Gasteiger partial charge < -0.3 is 5.73 Å². The zero-order valence-electron chi connectivity index (χ0n) is 13.7. The molecule has 0 aromatic rings. The van der Waals surface area contributed by atoms with Crippen LogP contribution in [0.2, 0.25) is 0 Å². The number of fused-ring (bicyclic) bond motifs is 1. The molecule has 5 nitrogen and oxygen atoms in total. The number of rotatable bonds is 4. The number of primary amides is 1. The molecule has 3 unspecified atom stereocenters. The Kier molecular flexibility index (Phi) is 6.48. The van der Waals surface area contributed by atoms with E-state index in [4.69, 9.17) is 5.73 Å². The van der Waals surface area contributed by atoms with Crippen LogP contribution in [0.25, 0.3) is 0 Å². The molecule has 0 spiro atoms. The smallest absolute Gasteiger partial charge is 0.217 e. The standard InChI is InChI=1S/C18H27NO4/c19-18(23)10-9-16(21)13-6-8-15-12(11-13)5-7-14(20)3-1-2-4-17(15)22/h12-13,15H,1-11H2,(H2,19,23). The summed E-state index contributed by atoms with van der Waals surface area (Å²) in [5.74, 6) is 0.292. The quantitative estimate of drug-likeness (QED) is 0.860. The van der Waals surface area contributed by atoms with Gasteiger partial charge in [0.05, 0.1) is 0 Å². The monoisotopic (exact) mass is 321 g/mol. The molecule has 2 N–H and O–H groups in total. The number of ketones is 3. The second-order valence-corrected chi connectivity index (χ2v) is 7.06. The van der Waals surface area contributed by atoms with Crippen molar-refractivity contribution in [1.82, 2.24) is 0 Å². The topological polar surface area (TPSA) is 94.3 Å². The number of hydrogen-bond donors (Lipinski definition) is 1. The molecule has 0 aliphatic heterocycles. The Morgan fingerprint density at radius 1 is 0.957 bits per heavy atom. The van der Waals surface area contributed by atoms with Crippen molar-refractivity contribution in [2.45, 2.75) is 70.6 Å². The van der Waals surface area contributed by atoms with Crippen LogP contribution in [0.5, 0.6) is 0 Å². The van der Waals surface area contributed by atoms with Crippen LogP contribution in [0.3, 0.4) is 0 Å². The van der Waals surface area contributed by atoms with Gasteiger partial charge in [0.25, 0.3) is 0 Å². The fraction of sp³-hybridized carbons (Fsp3) is 0.778. The van der Waals surface area contributed by atoms with Crippen molar-refractivity contribution < 1.29 is 19.2 Å². The van der Waals surface area contributed by atoms with Crippen LogP contribution >= 0.6 is 0 Å². The highest BCUT2D eigenvalue weighted by molar-refractivity contribution is 5.87. The highest BCUT2D eigenvalue weighted by Gasteiger charge is 2.37. The van der Waals surface area contributed by atoms with Crippen LogP contribution in [0.15, 0.2) is 0 Å². The van der Waals surface area contributed by atoms with Crippen molar-refractivity contribution in [2.24, 2.45) is 23.5 Å². The van der Waals surface area contributed by atoms with E-state index in [1.54, 1.807) is 0 Å². The lowest BCUT2D eigenvalue weighted by molar-refractivity contribution is -0.132. The molecule has 2 aliphatic rings. The molecule has 1 amide bonds. The summed E-state index contributed by atoms with van der Waals surface area (Å²) in [7, 11) is 0. The Morgan fingerprint density at radius 3 is 2.43 bits per heavy atom. The van der Waals surface area contributed by atoms with E-state index >= 15 is 0 Å². The zero-order chi connectivity index (χ0) is 16.8. The lowest BCUT2D eigenvalue weighted by atomic mass is 9.68. The molecular weight excluding hydrogens is 294 g/mol. The van der Waals surface area contributed by atoms with Gasteiger partial charge in [-0.25, -0.2) is 0 Å². The van der Waals surface area contributed by atoms with Crippen LogP contribution in [0.4, 0.5) is 0 Å². The summed E-state index contributed by atoms with van der Waals surface area (Å²) in [5, 5.41) is 0. The Balaban J connectivity index is 1.99. The van der Waals surface area contributed by atoms with Crippen molar-refractivity contribution in [3.8, 4) is 0 Å². The van der Waals surface area contributed by atoms with Crippen LogP contribution in [-0.2, 0) is 19.2 Å². The van der Waals surface area contributed by atoms with Gasteiger partial charge in [-0.2, -0.15) is 0 Å². The molecule has 2 rings (SSSR count). The summed E-state index contributed by atoms with van der Waals surface area (Å²) in [6.45, 7) is 0. The fourth-order valence-corrected chi connectivity index (χ4v) is 4.03. The summed E-state index contributed by atoms with van der Waals surface area (Å²) in [6, 6.07) is 0. The molecular formula is C18H27NO4. The second kappa shape index (κ2) is 8.37. The first-order valence-electron chi connectivity index (χ1n) is 8.82. The third-order valence-corrected chi connectivity index (χ3v) is 5.39. The maximum absolute atomic E-state index is 12.4. The van der Waals surface area contributed by atoms with Crippen LogP contribution in [0.1, 0.15) is 70.6 Å². The van der Waals surface area contributed by atoms with E-state index in [1.807, 2.05) is 0 Å². The molecule has 23 heavy (non-hydrogen) atoms. The number of hydrogen-bond acceptors (Lipinski definition) is 4. The molecule has 0 bridgehead atoms. The molecule has 2 saturated carbocycles. The zero-order valence-corrected chi connectivity index (χ0v) is 13.7. The summed E-state index contributed by atoms with van der Waals surface area (Å²) in [5.41, 5.74) is 5.11. The van der Waals surface area contributed by atoms with Crippen molar-refractivity contribution in [3.05, 3.63) is 0 Å². The fourth-order valence-electron chi connectivity index (χ4n) is 4.03. The molecule has 0 aromatic heterocycles. The van der Waals surface area contributed by atoms with Gasteiger partial charge in [-0.15, -0.1) is 0 Å². The molecule has 0 saturated heterocycles. The molecule has 5 heteroatoms. The van der Waals surface area contributed by atoms with Crippen molar-refractivity contribution in [3.63, 3.8) is 0 Å². The van der Waals surface area contributed by atoms with Gasteiger partial charge in [0, 0.05) is 43.9 Å². The molecule has 0 heterocycles. The first kappa shape index (κ1) is 17.8. The van der Waals surface area contributed by atoms with Crippen LogP contribution < -0.4 is 5.73 Å². The number of Topliss-reactive ketones (excluding diaryl/α,β-unsaturated/α-hetero) is 3. The van der Waals surface area contributed by atoms with E-state index < -0.39 is 5.91 Å². The number of carbonyl (C=O) groups excluding carboxylic acids is 4. The van der Waals surface area contributed by atoms with Crippen LogP contribution in [0, 0.1) is 17.8 Å². The van der Waals surface area contributed by atoms with Gasteiger partial charge in [0.2, 0.25) is 5.91 Å². The maximum Gasteiger partial charge on any atom is 0.217 e. The molecule has 0 aromatic carbocycles. The summed E-state index contributed by atoms with van der Waals surface area (Å²) < 4.78 is 0. The highest BCUT2D eigenvalue weighted by Crippen LogP contribution is 2.39. The highest BCUT2D eigenvalue weighted by atomic mass is 16.1. The molecule has 0 radical (unpaired) electrons. The number of nitrogens with two attached hydrogens (primary N) is 1. The van der Waals surface area contributed by atoms with Gasteiger partial charge in [-0.1, -0.05) is 0 Å². The summed E-state index contributed by atoms with van der Waals surface area (Å²) in [4.78, 5) is 47.3. The predicted molar refractivity (Wildman–Crippen MR) is 85.5 cm³/mol. The average molecular weight is 321 g/mol. The normalized spacial score (nSPS) is 29.7. The minimum Gasteiger partial charge on any atom is -0.370 e. The second-order valence-electron chi connectivity index (χ2n) is 7.06. The van der Waals surface area contributed by atoms with Crippen molar-refractivity contribution in [2.75, 3.05) is 0 Å². The van der Waals surface area contributed by atoms with E-state index in [0.717, 1.165) is 32.1 Å². The lowest BCUT2D eigenvalue weighted by Crippen LogP contribution is -2.34. The molecule has 2 aliphatic carbocycles. The lowest BCUT2D eigenvalue weighted by Gasteiger charge is -2.35. The van der Waals surface area contributed by atoms with Crippen molar-refractivity contribution in [1.29, 1.82) is 0 Å². The van der Waals surface area contributed by atoms with Gasteiger partial charge in [0.15, 0.2) is 0 Å². The Morgan fingerprint density at radius 2 is 1.70 bits per heavy atom. The molecule has 2 fully saturated rings. The first-order chi connectivity index (χ1) is 11.0. The first-order valence-corrected chi connectivity index (χ1v) is 8.82. The van der Waals surface area contributed by atoms with E-state index in [2.05, 4.69) is 0 Å².